The summed E-state index contributed by atoms with van der Waals surface area (Å²) in [5, 5.41) is 8.84. The molecule has 2 N–H and O–H groups in total. The van der Waals surface area contributed by atoms with Crippen LogP contribution in [-0.4, -0.2) is 22.1 Å². The average molecular weight is 363 g/mol. The first kappa shape index (κ1) is 15.5. The minimum absolute atomic E-state index is 0.00141. The molecular weight excluding hydrogens is 340 g/mol. The predicted octanol–water partition coefficient (Wildman–Crippen LogP) is 3.88. The van der Waals surface area contributed by atoms with Crippen molar-refractivity contribution < 1.29 is 4.79 Å². The topological polar surface area (TPSA) is 41.1 Å². The van der Waals surface area contributed by atoms with E-state index in [9.17, 15) is 4.79 Å². The maximum absolute atomic E-state index is 12.8. The lowest BCUT2D eigenvalue weighted by Crippen LogP contribution is -2.47. The third-order valence-electron chi connectivity index (χ3n) is 6.83. The Hall–Kier alpha value is -0.710. The van der Waals surface area contributed by atoms with Crippen molar-refractivity contribution in [2.45, 2.75) is 61.2 Å². The number of amides is 1. The molecule has 0 radical (unpaired) electrons. The molecule has 5 heteroatoms. The fourth-order valence-electron chi connectivity index (χ4n) is 5.24. The Morgan fingerprint density at radius 2 is 2.04 bits per heavy atom. The molecule has 2 heterocycles. The standard InChI is InChI=1S/C19H23ClN2OS/c1-18-12-6-4-8-14(12)24-17(18)21-16(23)19(9-10-19)22-15(18)11-5-2-3-7-13(11)20/h2-3,5,7,12,14-15,17,22H,4,6,8-10H2,1H3,(H,21,23). The summed E-state index contributed by atoms with van der Waals surface area (Å²) in [6.45, 7) is 2.38. The van der Waals surface area contributed by atoms with Crippen LogP contribution in [-0.2, 0) is 4.79 Å². The van der Waals surface area contributed by atoms with Crippen LogP contribution in [0.2, 0.25) is 5.02 Å². The second kappa shape index (κ2) is 5.15. The van der Waals surface area contributed by atoms with Gasteiger partial charge in [0, 0.05) is 21.7 Å². The number of carbonyl (C=O) groups excluding carboxylic acids is 1. The fraction of sp³-hybridized carbons (Fsp3) is 0.632. The van der Waals surface area contributed by atoms with Crippen molar-refractivity contribution in [1.29, 1.82) is 0 Å². The highest BCUT2D eigenvalue weighted by molar-refractivity contribution is 8.00. The molecule has 1 aromatic carbocycles. The van der Waals surface area contributed by atoms with E-state index in [0.29, 0.717) is 11.2 Å². The zero-order valence-corrected chi connectivity index (χ0v) is 15.4. The van der Waals surface area contributed by atoms with E-state index in [1.807, 2.05) is 23.9 Å². The molecule has 1 spiro atoms. The van der Waals surface area contributed by atoms with Crippen molar-refractivity contribution in [2.24, 2.45) is 11.3 Å². The average Bonchev–Trinajstić information content (AvgIpc) is 3.14. The first-order chi connectivity index (χ1) is 11.5. The summed E-state index contributed by atoms with van der Waals surface area (Å²) in [6.07, 6.45) is 5.70. The fourth-order valence-corrected chi connectivity index (χ4v) is 7.54. The molecule has 1 amide bonds. The van der Waals surface area contributed by atoms with Gasteiger partial charge in [-0.15, -0.1) is 11.8 Å². The molecule has 5 atom stereocenters. The number of rotatable bonds is 1. The summed E-state index contributed by atoms with van der Waals surface area (Å²) < 4.78 is 0. The van der Waals surface area contributed by atoms with Crippen molar-refractivity contribution >= 4 is 29.3 Å². The van der Waals surface area contributed by atoms with Gasteiger partial charge < -0.3 is 5.32 Å². The maximum Gasteiger partial charge on any atom is 0.241 e. The summed E-state index contributed by atoms with van der Waals surface area (Å²) >= 11 is 8.60. The summed E-state index contributed by atoms with van der Waals surface area (Å²) in [4.78, 5) is 12.8. The van der Waals surface area contributed by atoms with E-state index >= 15 is 0 Å². The second-order valence-electron chi connectivity index (χ2n) is 8.11. The summed E-state index contributed by atoms with van der Waals surface area (Å²) in [6, 6.07) is 8.29. The normalized spacial score (nSPS) is 42.3. The lowest BCUT2D eigenvalue weighted by molar-refractivity contribution is -0.124. The highest BCUT2D eigenvalue weighted by Crippen LogP contribution is 2.64. The zero-order chi connectivity index (χ0) is 16.5. The van der Waals surface area contributed by atoms with E-state index in [4.69, 9.17) is 11.6 Å². The highest BCUT2D eigenvalue weighted by Gasteiger charge is 2.65. The molecule has 2 saturated heterocycles. The van der Waals surface area contributed by atoms with Gasteiger partial charge in [-0.1, -0.05) is 43.1 Å². The first-order valence-corrected chi connectivity index (χ1v) is 10.4. The molecule has 1 aromatic rings. The summed E-state index contributed by atoms with van der Waals surface area (Å²) in [5.74, 6) is 0.830. The van der Waals surface area contributed by atoms with E-state index in [1.165, 1.54) is 19.3 Å². The first-order valence-electron chi connectivity index (χ1n) is 9.03. The van der Waals surface area contributed by atoms with E-state index in [2.05, 4.69) is 29.7 Å². The Morgan fingerprint density at radius 1 is 1.25 bits per heavy atom. The van der Waals surface area contributed by atoms with Crippen molar-refractivity contribution in [1.82, 2.24) is 10.6 Å². The van der Waals surface area contributed by atoms with Gasteiger partial charge in [-0.2, -0.15) is 0 Å². The molecule has 5 unspecified atom stereocenters. The van der Waals surface area contributed by atoms with Gasteiger partial charge in [0.15, 0.2) is 0 Å². The predicted molar refractivity (Wildman–Crippen MR) is 98.1 cm³/mol. The quantitative estimate of drug-likeness (QED) is 0.796. The van der Waals surface area contributed by atoms with Gasteiger partial charge in [0.05, 0.1) is 10.9 Å². The molecule has 0 aromatic heterocycles. The summed E-state index contributed by atoms with van der Waals surface area (Å²) in [5.41, 5.74) is 0.785. The van der Waals surface area contributed by atoms with Crippen LogP contribution in [0.5, 0.6) is 0 Å². The largest absolute Gasteiger partial charge is 0.342 e. The van der Waals surface area contributed by atoms with Crippen LogP contribution < -0.4 is 10.6 Å². The van der Waals surface area contributed by atoms with Crippen molar-refractivity contribution in [3.8, 4) is 0 Å². The van der Waals surface area contributed by atoms with Crippen LogP contribution in [0.1, 0.15) is 50.6 Å². The molecule has 2 aliphatic heterocycles. The monoisotopic (exact) mass is 362 g/mol. The Morgan fingerprint density at radius 3 is 2.79 bits per heavy atom. The van der Waals surface area contributed by atoms with Crippen molar-refractivity contribution in [3.63, 3.8) is 0 Å². The number of hydrogen-bond acceptors (Lipinski definition) is 3. The van der Waals surface area contributed by atoms with Crippen molar-refractivity contribution in [3.05, 3.63) is 34.9 Å². The van der Waals surface area contributed by atoms with Gasteiger partial charge in [-0.25, -0.2) is 0 Å². The smallest absolute Gasteiger partial charge is 0.241 e. The van der Waals surface area contributed by atoms with E-state index < -0.39 is 0 Å². The van der Waals surface area contributed by atoms with Crippen LogP contribution in [0, 0.1) is 11.3 Å². The summed E-state index contributed by atoms with van der Waals surface area (Å²) in [7, 11) is 0. The minimum Gasteiger partial charge on any atom is -0.342 e. The van der Waals surface area contributed by atoms with Crippen LogP contribution in [0.4, 0.5) is 0 Å². The number of thioether (sulfide) groups is 1. The molecule has 128 valence electrons. The second-order valence-corrected chi connectivity index (χ2v) is 9.87. The molecule has 4 aliphatic rings. The number of fused-ring (bicyclic) bond motifs is 3. The zero-order valence-electron chi connectivity index (χ0n) is 13.8. The van der Waals surface area contributed by atoms with Crippen LogP contribution in [0.15, 0.2) is 24.3 Å². The molecule has 5 rings (SSSR count). The van der Waals surface area contributed by atoms with Gasteiger partial charge in [0.1, 0.15) is 0 Å². The molecule has 2 aliphatic carbocycles. The van der Waals surface area contributed by atoms with E-state index in [1.54, 1.807) is 0 Å². The van der Waals surface area contributed by atoms with Gasteiger partial charge in [0.25, 0.3) is 0 Å². The lowest BCUT2D eigenvalue weighted by Gasteiger charge is -2.42. The third kappa shape index (κ3) is 1.99. The SMILES string of the molecule is CC12C(NC(=O)C3(CC3)NC1c1ccccc1Cl)SC1CCCC12. The van der Waals surface area contributed by atoms with Gasteiger partial charge >= 0.3 is 0 Å². The van der Waals surface area contributed by atoms with Crippen LogP contribution in [0.25, 0.3) is 0 Å². The molecule has 4 fully saturated rings. The molecule has 24 heavy (non-hydrogen) atoms. The van der Waals surface area contributed by atoms with Crippen LogP contribution >= 0.6 is 23.4 Å². The number of hydrogen-bond donors (Lipinski definition) is 2. The number of halogens is 1. The third-order valence-corrected chi connectivity index (χ3v) is 8.99. The number of carbonyl (C=O) groups is 1. The van der Waals surface area contributed by atoms with E-state index in [-0.39, 0.29) is 28.3 Å². The Bertz CT molecular complexity index is 706. The number of benzene rings is 1. The van der Waals surface area contributed by atoms with Gasteiger partial charge in [-0.05, 0) is 43.2 Å². The Labute approximate surface area is 152 Å². The van der Waals surface area contributed by atoms with Gasteiger partial charge in [-0.3, -0.25) is 10.1 Å². The number of nitrogens with one attached hydrogen (secondary N) is 2. The Balaban J connectivity index is 1.66. The molecule has 0 bridgehead atoms. The molecule has 2 saturated carbocycles. The van der Waals surface area contributed by atoms with Gasteiger partial charge in [0.2, 0.25) is 5.91 Å². The Kier molecular flexibility index (Phi) is 3.33. The lowest BCUT2D eigenvalue weighted by atomic mass is 9.68. The molecular formula is C19H23ClN2OS. The minimum atomic E-state index is -0.369. The molecule has 3 nitrogen and oxygen atoms in total. The van der Waals surface area contributed by atoms with Crippen LogP contribution in [0.3, 0.4) is 0 Å². The van der Waals surface area contributed by atoms with Crippen molar-refractivity contribution in [2.75, 3.05) is 0 Å². The maximum atomic E-state index is 12.8. The van der Waals surface area contributed by atoms with E-state index in [0.717, 1.165) is 23.4 Å². The highest BCUT2D eigenvalue weighted by atomic mass is 35.5.